The summed E-state index contributed by atoms with van der Waals surface area (Å²) in [6.45, 7) is 6.46. The molecule has 3 rings (SSSR count). The molecule has 0 bridgehead atoms. The molecule has 3 aromatic rings. The summed E-state index contributed by atoms with van der Waals surface area (Å²) >= 11 is 3.37. The van der Waals surface area contributed by atoms with E-state index in [1.54, 1.807) is 10.6 Å². The fraction of sp³-hybridized carbons (Fsp3) is 0.360. The minimum atomic E-state index is -0.329. The summed E-state index contributed by atoms with van der Waals surface area (Å²) in [7, 11) is 0. The Morgan fingerprint density at radius 1 is 1.12 bits per heavy atom. The standard InChI is InChI=1S/C25H29BrN4O3/c1-16(2)30-21-13-12-17(3)15-19(21)23(25(30)33)29-28-22(31)11-5-4-8-14-27-24(32)18-9-6-7-10-20(18)26/h6-7,9-10,12-13,15-16,33H,4-5,8,11,14H2,1-3H3,(H,27,32). The maximum absolute atomic E-state index is 12.2. The second-order valence-electron chi connectivity index (χ2n) is 8.30. The van der Waals surface area contributed by atoms with Crippen molar-refractivity contribution < 1.29 is 14.7 Å². The summed E-state index contributed by atoms with van der Waals surface area (Å²) in [6, 6.07) is 13.2. The fourth-order valence-electron chi connectivity index (χ4n) is 3.70. The molecule has 33 heavy (non-hydrogen) atoms. The van der Waals surface area contributed by atoms with Crippen molar-refractivity contribution in [3.05, 3.63) is 58.1 Å². The van der Waals surface area contributed by atoms with Crippen molar-refractivity contribution in [1.82, 2.24) is 9.88 Å². The molecule has 7 nitrogen and oxygen atoms in total. The first kappa shape index (κ1) is 24.6. The zero-order valence-corrected chi connectivity index (χ0v) is 20.7. The Morgan fingerprint density at radius 3 is 2.61 bits per heavy atom. The van der Waals surface area contributed by atoms with Gasteiger partial charge in [-0.2, -0.15) is 0 Å². The van der Waals surface area contributed by atoms with Crippen molar-refractivity contribution in [3.8, 4) is 5.88 Å². The van der Waals surface area contributed by atoms with Gasteiger partial charge in [-0.15, -0.1) is 10.2 Å². The van der Waals surface area contributed by atoms with Crippen molar-refractivity contribution in [1.29, 1.82) is 0 Å². The predicted octanol–water partition coefficient (Wildman–Crippen LogP) is 6.60. The van der Waals surface area contributed by atoms with Crippen LogP contribution in [0.4, 0.5) is 5.69 Å². The number of aromatic nitrogens is 1. The molecule has 2 amide bonds. The van der Waals surface area contributed by atoms with Gasteiger partial charge < -0.3 is 15.0 Å². The molecule has 0 spiro atoms. The van der Waals surface area contributed by atoms with Crippen LogP contribution in [-0.2, 0) is 4.79 Å². The molecule has 1 heterocycles. The van der Waals surface area contributed by atoms with Crippen molar-refractivity contribution in [2.75, 3.05) is 6.54 Å². The Kier molecular flexibility index (Phi) is 8.38. The molecule has 0 aliphatic rings. The molecule has 2 N–H and O–H groups in total. The maximum atomic E-state index is 12.2. The number of benzene rings is 2. The van der Waals surface area contributed by atoms with Crippen LogP contribution in [0.2, 0.25) is 0 Å². The Labute approximate surface area is 202 Å². The van der Waals surface area contributed by atoms with Gasteiger partial charge in [0.2, 0.25) is 5.88 Å². The molecule has 1 aromatic heterocycles. The summed E-state index contributed by atoms with van der Waals surface area (Å²) in [4.78, 5) is 24.4. The lowest BCUT2D eigenvalue weighted by Gasteiger charge is -2.10. The number of nitrogens with one attached hydrogen (secondary N) is 1. The maximum Gasteiger partial charge on any atom is 0.264 e. The molecule has 0 saturated heterocycles. The lowest BCUT2D eigenvalue weighted by molar-refractivity contribution is -0.118. The van der Waals surface area contributed by atoms with Crippen molar-refractivity contribution >= 4 is 44.3 Å². The number of amides is 2. The second-order valence-corrected chi connectivity index (χ2v) is 9.15. The van der Waals surface area contributed by atoms with E-state index in [1.807, 2.05) is 57.2 Å². The summed E-state index contributed by atoms with van der Waals surface area (Å²) in [6.07, 6.45) is 2.48. The van der Waals surface area contributed by atoms with E-state index < -0.39 is 0 Å². The van der Waals surface area contributed by atoms with Gasteiger partial charge in [0.05, 0.1) is 11.1 Å². The summed E-state index contributed by atoms with van der Waals surface area (Å²) in [5.41, 5.74) is 2.83. The van der Waals surface area contributed by atoms with E-state index >= 15 is 0 Å². The molecule has 0 unspecified atom stereocenters. The lowest BCUT2D eigenvalue weighted by atomic mass is 10.1. The van der Waals surface area contributed by atoms with Crippen molar-refractivity contribution in [2.24, 2.45) is 10.2 Å². The lowest BCUT2D eigenvalue weighted by Crippen LogP contribution is -2.24. The van der Waals surface area contributed by atoms with E-state index in [0.29, 0.717) is 24.2 Å². The Hall–Kier alpha value is -3.00. The van der Waals surface area contributed by atoms with E-state index in [2.05, 4.69) is 31.5 Å². The highest BCUT2D eigenvalue weighted by molar-refractivity contribution is 9.10. The zero-order chi connectivity index (χ0) is 24.0. The van der Waals surface area contributed by atoms with Crippen LogP contribution in [0.25, 0.3) is 10.9 Å². The van der Waals surface area contributed by atoms with Gasteiger partial charge in [0.25, 0.3) is 11.8 Å². The normalized spacial score (nSPS) is 11.5. The predicted molar refractivity (Wildman–Crippen MR) is 133 cm³/mol. The number of unbranched alkanes of at least 4 members (excludes halogenated alkanes) is 2. The van der Waals surface area contributed by atoms with Crippen LogP contribution < -0.4 is 5.32 Å². The molecular weight excluding hydrogens is 484 g/mol. The van der Waals surface area contributed by atoms with E-state index in [4.69, 9.17) is 0 Å². The molecule has 8 heteroatoms. The molecule has 0 fully saturated rings. The minimum absolute atomic E-state index is 0.0166. The van der Waals surface area contributed by atoms with Gasteiger partial charge in [0, 0.05) is 28.9 Å². The third kappa shape index (κ3) is 6.07. The highest BCUT2D eigenvalue weighted by atomic mass is 79.9. The molecule has 0 aliphatic carbocycles. The highest BCUT2D eigenvalue weighted by Gasteiger charge is 2.19. The number of hydrogen-bond acceptors (Lipinski definition) is 4. The minimum Gasteiger partial charge on any atom is -0.493 e. The van der Waals surface area contributed by atoms with Gasteiger partial charge in [-0.05, 0) is 73.8 Å². The number of aryl methyl sites for hydroxylation is 1. The van der Waals surface area contributed by atoms with Crippen LogP contribution in [0.1, 0.15) is 61.5 Å². The Balaban J connectivity index is 1.49. The molecule has 0 aliphatic heterocycles. The van der Waals surface area contributed by atoms with Crippen LogP contribution >= 0.6 is 15.9 Å². The molecule has 0 radical (unpaired) electrons. The smallest absolute Gasteiger partial charge is 0.264 e. The van der Waals surface area contributed by atoms with Crippen LogP contribution in [-0.4, -0.2) is 28.0 Å². The van der Waals surface area contributed by atoms with Crippen LogP contribution in [0.3, 0.4) is 0 Å². The monoisotopic (exact) mass is 512 g/mol. The van der Waals surface area contributed by atoms with E-state index in [9.17, 15) is 14.7 Å². The number of hydrogen-bond donors (Lipinski definition) is 2. The summed E-state index contributed by atoms with van der Waals surface area (Å²) in [5, 5.41) is 22.3. The van der Waals surface area contributed by atoms with Gasteiger partial charge in [-0.1, -0.05) is 30.2 Å². The molecular formula is C25H29BrN4O3. The first-order chi connectivity index (χ1) is 15.8. The molecule has 0 atom stereocenters. The number of fused-ring (bicyclic) bond motifs is 1. The number of carbonyl (C=O) groups is 2. The number of rotatable bonds is 9. The Bertz CT molecular complexity index is 1180. The summed E-state index contributed by atoms with van der Waals surface area (Å²) in [5.74, 6) is -0.435. The number of nitrogens with zero attached hydrogens (tertiary/aromatic N) is 3. The highest BCUT2D eigenvalue weighted by Crippen LogP contribution is 2.41. The largest absolute Gasteiger partial charge is 0.493 e. The van der Waals surface area contributed by atoms with Crippen molar-refractivity contribution in [3.63, 3.8) is 0 Å². The van der Waals surface area contributed by atoms with Crippen LogP contribution in [0, 0.1) is 6.92 Å². The van der Waals surface area contributed by atoms with Crippen LogP contribution in [0.5, 0.6) is 5.88 Å². The average molecular weight is 513 g/mol. The number of aromatic hydroxyl groups is 1. The van der Waals surface area contributed by atoms with Crippen molar-refractivity contribution in [2.45, 2.75) is 52.5 Å². The van der Waals surface area contributed by atoms with E-state index in [-0.39, 0.29) is 30.2 Å². The van der Waals surface area contributed by atoms with E-state index in [0.717, 1.165) is 33.8 Å². The number of halogens is 1. The second kappa shape index (κ2) is 11.2. The molecule has 174 valence electrons. The van der Waals surface area contributed by atoms with Crippen LogP contribution in [0.15, 0.2) is 57.2 Å². The number of carbonyl (C=O) groups excluding carboxylic acids is 2. The first-order valence-corrected chi connectivity index (χ1v) is 11.9. The van der Waals surface area contributed by atoms with Gasteiger partial charge >= 0.3 is 0 Å². The molecule has 2 aromatic carbocycles. The zero-order valence-electron chi connectivity index (χ0n) is 19.1. The number of azo groups is 1. The Morgan fingerprint density at radius 2 is 1.88 bits per heavy atom. The third-order valence-electron chi connectivity index (χ3n) is 5.36. The van der Waals surface area contributed by atoms with Gasteiger partial charge in [-0.3, -0.25) is 9.59 Å². The van der Waals surface area contributed by atoms with E-state index in [1.165, 1.54) is 0 Å². The quantitative estimate of drug-likeness (QED) is 0.249. The third-order valence-corrected chi connectivity index (χ3v) is 6.05. The topological polar surface area (TPSA) is 96.1 Å². The average Bonchev–Trinajstić information content (AvgIpc) is 3.05. The van der Waals surface area contributed by atoms with Gasteiger partial charge in [-0.25, -0.2) is 0 Å². The molecule has 0 saturated carbocycles. The fourth-order valence-corrected chi connectivity index (χ4v) is 4.16. The summed E-state index contributed by atoms with van der Waals surface area (Å²) < 4.78 is 2.55. The SMILES string of the molecule is Cc1ccc2c(c1)c(N=NC(=O)CCCCCNC(=O)c1ccccc1Br)c(O)n2C(C)C. The van der Waals surface area contributed by atoms with Gasteiger partial charge in [0.1, 0.15) is 0 Å². The first-order valence-electron chi connectivity index (χ1n) is 11.1. The van der Waals surface area contributed by atoms with Gasteiger partial charge in [0.15, 0.2) is 5.69 Å².